The lowest BCUT2D eigenvalue weighted by Crippen LogP contribution is -2.46. The molecule has 0 aliphatic carbocycles. The Morgan fingerprint density at radius 1 is 1.00 bits per heavy atom. The molecule has 132 valence electrons. The van der Waals surface area contributed by atoms with E-state index in [1.165, 1.54) is 0 Å². The fraction of sp³-hybridized carbons (Fsp3) is 0.263. The zero-order chi connectivity index (χ0) is 17.9. The Morgan fingerprint density at radius 2 is 1.69 bits per heavy atom. The molecule has 2 aromatic heterocycles. The topological polar surface area (TPSA) is 73.3 Å². The smallest absolute Gasteiger partial charge is 0.225 e. The lowest BCUT2D eigenvalue weighted by atomic mass is 10.00. The number of hydrogen-bond donors (Lipinski definition) is 0. The number of benzene rings is 1. The van der Waals surface area contributed by atoms with Crippen LogP contribution >= 0.6 is 0 Å². The molecule has 26 heavy (non-hydrogen) atoms. The number of anilines is 1. The van der Waals surface area contributed by atoms with Crippen LogP contribution in [0.2, 0.25) is 0 Å². The van der Waals surface area contributed by atoms with Gasteiger partial charge in [0.05, 0.1) is 13.0 Å². The van der Waals surface area contributed by atoms with Crippen molar-refractivity contribution in [3.05, 3.63) is 60.3 Å². The van der Waals surface area contributed by atoms with Gasteiger partial charge in [0.1, 0.15) is 17.3 Å². The highest BCUT2D eigenvalue weighted by Gasteiger charge is 2.32. The first-order chi connectivity index (χ1) is 12.7. The molecule has 0 radical (unpaired) electrons. The number of methoxy groups -OCH3 is 1. The van der Waals surface area contributed by atoms with E-state index < -0.39 is 0 Å². The predicted molar refractivity (Wildman–Crippen MR) is 96.8 cm³/mol. The highest BCUT2D eigenvalue weighted by molar-refractivity contribution is 5.37. The number of nitrogens with zero attached hydrogens (tertiary/aromatic N) is 5. The third-order valence-electron chi connectivity index (χ3n) is 4.21. The van der Waals surface area contributed by atoms with Crippen LogP contribution in [0.25, 0.3) is 0 Å². The molecule has 7 heteroatoms. The quantitative estimate of drug-likeness (QED) is 0.701. The van der Waals surface area contributed by atoms with Crippen LogP contribution < -0.4 is 14.4 Å². The van der Waals surface area contributed by atoms with Crippen molar-refractivity contribution in [2.24, 2.45) is 0 Å². The molecule has 0 saturated carbocycles. The van der Waals surface area contributed by atoms with E-state index in [1.807, 2.05) is 43.3 Å². The van der Waals surface area contributed by atoms with Crippen LogP contribution in [0.4, 0.5) is 5.95 Å². The van der Waals surface area contributed by atoms with Crippen LogP contribution in [0.5, 0.6) is 17.4 Å². The van der Waals surface area contributed by atoms with Gasteiger partial charge in [0.15, 0.2) is 0 Å². The van der Waals surface area contributed by atoms with Crippen LogP contribution in [-0.4, -0.2) is 40.1 Å². The summed E-state index contributed by atoms with van der Waals surface area (Å²) in [5, 5.41) is 0. The summed E-state index contributed by atoms with van der Waals surface area (Å²) in [5.74, 6) is 3.83. The summed E-state index contributed by atoms with van der Waals surface area (Å²) < 4.78 is 11.0. The normalized spacial score (nSPS) is 14.0. The Hall–Kier alpha value is -3.22. The molecule has 1 aromatic carbocycles. The molecular formula is C19H19N5O2. The van der Waals surface area contributed by atoms with Crippen LogP contribution in [0.1, 0.15) is 17.4 Å². The number of aromatic nitrogens is 4. The van der Waals surface area contributed by atoms with Gasteiger partial charge in [0.25, 0.3) is 0 Å². The van der Waals surface area contributed by atoms with Crippen LogP contribution in [0, 0.1) is 6.92 Å². The zero-order valence-electron chi connectivity index (χ0n) is 14.7. The first kappa shape index (κ1) is 16.3. The lowest BCUT2D eigenvalue weighted by Gasteiger charge is -2.38. The average Bonchev–Trinajstić information content (AvgIpc) is 2.62. The fourth-order valence-electron chi connectivity index (χ4n) is 2.82. The van der Waals surface area contributed by atoms with Crippen LogP contribution in [0.3, 0.4) is 0 Å². The van der Waals surface area contributed by atoms with Gasteiger partial charge in [-0.1, -0.05) is 0 Å². The molecule has 3 aromatic rings. The van der Waals surface area contributed by atoms with Gasteiger partial charge in [-0.2, -0.15) is 4.98 Å². The fourth-order valence-corrected chi connectivity index (χ4v) is 2.82. The summed E-state index contributed by atoms with van der Waals surface area (Å²) in [6, 6.07) is 11.1. The second-order valence-electron chi connectivity index (χ2n) is 6.13. The molecule has 0 unspecified atom stereocenters. The van der Waals surface area contributed by atoms with Crippen molar-refractivity contribution < 1.29 is 9.47 Å². The zero-order valence-corrected chi connectivity index (χ0v) is 14.7. The molecule has 1 aliphatic rings. The van der Waals surface area contributed by atoms with Crippen molar-refractivity contribution in [1.82, 2.24) is 19.9 Å². The van der Waals surface area contributed by atoms with E-state index >= 15 is 0 Å². The van der Waals surface area contributed by atoms with Crippen molar-refractivity contribution >= 4 is 5.95 Å². The summed E-state index contributed by atoms with van der Waals surface area (Å²) in [6.45, 7) is 3.55. The molecule has 0 N–H and O–H groups in total. The molecule has 0 amide bonds. The SMILES string of the molecule is COc1ccc(Oc2cc(C)nc(C3CN(c4ncccn4)C3)n2)cc1. The second kappa shape index (κ2) is 6.95. The van der Waals surface area contributed by atoms with Gasteiger partial charge >= 0.3 is 0 Å². The van der Waals surface area contributed by atoms with E-state index in [9.17, 15) is 0 Å². The minimum atomic E-state index is 0.247. The molecule has 0 bridgehead atoms. The van der Waals surface area contributed by atoms with Gasteiger partial charge in [-0.3, -0.25) is 0 Å². The highest BCUT2D eigenvalue weighted by Crippen LogP contribution is 2.29. The number of aryl methyl sites for hydroxylation is 1. The van der Waals surface area contributed by atoms with E-state index in [2.05, 4.69) is 24.8 Å². The standard InChI is InChI=1S/C19H19N5O2/c1-13-10-17(26-16-6-4-15(25-2)5-7-16)23-18(22-13)14-11-24(12-14)19-20-8-3-9-21-19/h3-10,14H,11-12H2,1-2H3. The van der Waals surface area contributed by atoms with E-state index in [0.29, 0.717) is 11.6 Å². The summed E-state index contributed by atoms with van der Waals surface area (Å²) in [4.78, 5) is 19.8. The Bertz CT molecular complexity index is 880. The molecule has 0 atom stereocenters. The average molecular weight is 349 g/mol. The molecule has 1 saturated heterocycles. The second-order valence-corrected chi connectivity index (χ2v) is 6.13. The van der Waals surface area contributed by atoms with Crippen molar-refractivity contribution in [3.63, 3.8) is 0 Å². The molecule has 1 aliphatic heterocycles. The summed E-state index contributed by atoms with van der Waals surface area (Å²) in [5.41, 5.74) is 0.882. The van der Waals surface area contributed by atoms with Gasteiger partial charge in [-0.15, -0.1) is 0 Å². The summed E-state index contributed by atoms with van der Waals surface area (Å²) in [7, 11) is 1.64. The number of rotatable bonds is 5. The third-order valence-corrected chi connectivity index (χ3v) is 4.21. The van der Waals surface area contributed by atoms with Gasteiger partial charge in [0, 0.05) is 37.2 Å². The Balaban J connectivity index is 1.46. The highest BCUT2D eigenvalue weighted by atomic mass is 16.5. The van der Waals surface area contributed by atoms with E-state index in [4.69, 9.17) is 9.47 Å². The third kappa shape index (κ3) is 3.42. The van der Waals surface area contributed by atoms with Crippen molar-refractivity contribution in [1.29, 1.82) is 0 Å². The summed E-state index contributed by atoms with van der Waals surface area (Å²) in [6.07, 6.45) is 3.50. The monoisotopic (exact) mass is 349 g/mol. The van der Waals surface area contributed by atoms with Crippen molar-refractivity contribution in [2.45, 2.75) is 12.8 Å². The minimum Gasteiger partial charge on any atom is -0.497 e. The van der Waals surface area contributed by atoms with Crippen molar-refractivity contribution in [3.8, 4) is 17.4 Å². The summed E-state index contributed by atoms with van der Waals surface area (Å²) >= 11 is 0. The van der Waals surface area contributed by atoms with E-state index in [0.717, 1.165) is 36.3 Å². The Morgan fingerprint density at radius 3 is 2.38 bits per heavy atom. The molecular weight excluding hydrogens is 330 g/mol. The predicted octanol–water partition coefficient (Wildman–Crippen LogP) is 2.98. The van der Waals surface area contributed by atoms with Gasteiger partial charge < -0.3 is 14.4 Å². The Kier molecular flexibility index (Phi) is 4.35. The first-order valence-electron chi connectivity index (χ1n) is 8.41. The van der Waals surface area contributed by atoms with E-state index in [1.54, 1.807) is 19.5 Å². The maximum absolute atomic E-state index is 5.88. The minimum absolute atomic E-state index is 0.247. The molecule has 4 rings (SSSR count). The maximum Gasteiger partial charge on any atom is 0.225 e. The van der Waals surface area contributed by atoms with Crippen molar-refractivity contribution in [2.75, 3.05) is 25.1 Å². The largest absolute Gasteiger partial charge is 0.497 e. The van der Waals surface area contributed by atoms with Gasteiger partial charge in [-0.25, -0.2) is 15.0 Å². The lowest BCUT2D eigenvalue weighted by molar-refractivity contribution is 0.411. The molecule has 3 heterocycles. The van der Waals surface area contributed by atoms with E-state index in [-0.39, 0.29) is 5.92 Å². The molecule has 0 spiro atoms. The van der Waals surface area contributed by atoms with Gasteiger partial charge in [0.2, 0.25) is 11.8 Å². The number of hydrogen-bond acceptors (Lipinski definition) is 7. The molecule has 1 fully saturated rings. The first-order valence-corrected chi connectivity index (χ1v) is 8.41. The van der Waals surface area contributed by atoms with Crippen LogP contribution in [-0.2, 0) is 0 Å². The molecule has 7 nitrogen and oxygen atoms in total. The van der Waals surface area contributed by atoms with Crippen LogP contribution in [0.15, 0.2) is 48.8 Å². The number of ether oxygens (including phenoxy) is 2. The maximum atomic E-state index is 5.88. The Labute approximate surface area is 151 Å². The van der Waals surface area contributed by atoms with Gasteiger partial charge in [-0.05, 0) is 37.3 Å².